The molecule has 1 saturated heterocycles. The molecule has 1 aliphatic heterocycles. The Bertz CT molecular complexity index is 730. The molecule has 0 aliphatic carbocycles. The fourth-order valence-corrected chi connectivity index (χ4v) is 2.91. The molecule has 2 heterocycles. The van der Waals surface area contributed by atoms with Crippen LogP contribution in [0, 0.1) is 6.92 Å². The number of furan rings is 1. The van der Waals surface area contributed by atoms with Crippen LogP contribution in [-0.2, 0) is 4.79 Å². The van der Waals surface area contributed by atoms with Crippen molar-refractivity contribution in [3.63, 3.8) is 0 Å². The Balaban J connectivity index is 1.69. The molecule has 0 radical (unpaired) electrons. The maximum atomic E-state index is 12.7. The standard InChI is InChI=1S/C17H21N3O3/c1-12-13-5-3-4-6-14(13)23-16(12)17(22)20-9-7-19(8-10-20)11-15(21)18-2/h3-6H,7-11H2,1-2H3,(H,18,21). The van der Waals surface area contributed by atoms with Crippen LogP contribution >= 0.6 is 0 Å². The molecule has 1 aliphatic rings. The van der Waals surface area contributed by atoms with E-state index in [1.54, 1.807) is 11.9 Å². The van der Waals surface area contributed by atoms with Gasteiger partial charge in [-0.3, -0.25) is 14.5 Å². The van der Waals surface area contributed by atoms with Gasteiger partial charge in [0.15, 0.2) is 5.76 Å². The predicted octanol–water partition coefficient (Wildman–Crippen LogP) is 1.25. The van der Waals surface area contributed by atoms with Crippen molar-refractivity contribution >= 4 is 22.8 Å². The van der Waals surface area contributed by atoms with Gasteiger partial charge in [0.2, 0.25) is 5.91 Å². The van der Waals surface area contributed by atoms with Gasteiger partial charge < -0.3 is 14.6 Å². The van der Waals surface area contributed by atoms with E-state index in [4.69, 9.17) is 4.42 Å². The Labute approximate surface area is 135 Å². The van der Waals surface area contributed by atoms with Gasteiger partial charge in [-0.2, -0.15) is 0 Å². The van der Waals surface area contributed by atoms with Gasteiger partial charge in [0, 0.05) is 44.2 Å². The van der Waals surface area contributed by atoms with Gasteiger partial charge in [-0.15, -0.1) is 0 Å². The predicted molar refractivity (Wildman–Crippen MR) is 87.4 cm³/mol. The number of benzene rings is 1. The van der Waals surface area contributed by atoms with E-state index in [-0.39, 0.29) is 11.8 Å². The van der Waals surface area contributed by atoms with E-state index in [1.165, 1.54) is 0 Å². The van der Waals surface area contributed by atoms with Crippen molar-refractivity contribution in [2.75, 3.05) is 39.8 Å². The van der Waals surface area contributed by atoms with E-state index >= 15 is 0 Å². The minimum atomic E-state index is -0.0710. The molecule has 6 heteroatoms. The SMILES string of the molecule is CNC(=O)CN1CCN(C(=O)c2oc3ccccc3c2C)CC1. The molecular formula is C17H21N3O3. The van der Waals surface area contributed by atoms with Gasteiger partial charge in [-0.1, -0.05) is 18.2 Å². The van der Waals surface area contributed by atoms with Gasteiger partial charge in [-0.05, 0) is 13.0 Å². The molecule has 23 heavy (non-hydrogen) atoms. The number of para-hydroxylation sites is 1. The molecule has 122 valence electrons. The molecule has 0 spiro atoms. The highest BCUT2D eigenvalue weighted by atomic mass is 16.3. The van der Waals surface area contributed by atoms with Crippen molar-refractivity contribution in [2.24, 2.45) is 0 Å². The van der Waals surface area contributed by atoms with E-state index in [2.05, 4.69) is 5.32 Å². The summed E-state index contributed by atoms with van der Waals surface area (Å²) in [7, 11) is 1.63. The fourth-order valence-electron chi connectivity index (χ4n) is 2.91. The molecule has 3 rings (SSSR count). The summed E-state index contributed by atoms with van der Waals surface area (Å²) in [5, 5.41) is 3.60. The molecule has 1 N–H and O–H groups in total. The summed E-state index contributed by atoms with van der Waals surface area (Å²) < 4.78 is 5.75. The van der Waals surface area contributed by atoms with Crippen LogP contribution in [0.15, 0.2) is 28.7 Å². The van der Waals surface area contributed by atoms with Crippen LogP contribution in [0.3, 0.4) is 0 Å². The molecular weight excluding hydrogens is 294 g/mol. The molecule has 0 unspecified atom stereocenters. The van der Waals surface area contributed by atoms with Crippen molar-refractivity contribution in [3.8, 4) is 0 Å². The van der Waals surface area contributed by atoms with Crippen LogP contribution in [0.5, 0.6) is 0 Å². The average Bonchev–Trinajstić information content (AvgIpc) is 2.92. The quantitative estimate of drug-likeness (QED) is 0.925. The summed E-state index contributed by atoms with van der Waals surface area (Å²) in [6.07, 6.45) is 0. The number of fused-ring (bicyclic) bond motifs is 1. The maximum absolute atomic E-state index is 12.7. The normalized spacial score (nSPS) is 15.8. The first-order valence-corrected chi connectivity index (χ1v) is 7.80. The van der Waals surface area contributed by atoms with Crippen molar-refractivity contribution in [1.82, 2.24) is 15.1 Å². The summed E-state index contributed by atoms with van der Waals surface area (Å²) >= 11 is 0. The van der Waals surface area contributed by atoms with Crippen LogP contribution in [0.1, 0.15) is 16.1 Å². The number of amides is 2. The molecule has 0 saturated carbocycles. The third-order valence-corrected chi connectivity index (χ3v) is 4.34. The average molecular weight is 315 g/mol. The lowest BCUT2D eigenvalue weighted by Crippen LogP contribution is -2.50. The first-order valence-electron chi connectivity index (χ1n) is 7.80. The Kier molecular flexibility index (Phi) is 4.34. The van der Waals surface area contributed by atoms with Gasteiger partial charge in [0.25, 0.3) is 5.91 Å². The van der Waals surface area contributed by atoms with Gasteiger partial charge in [-0.25, -0.2) is 0 Å². The third-order valence-electron chi connectivity index (χ3n) is 4.34. The number of carbonyl (C=O) groups is 2. The second-order valence-electron chi connectivity index (χ2n) is 5.79. The second-order valence-corrected chi connectivity index (χ2v) is 5.79. The molecule has 0 atom stereocenters. The van der Waals surface area contributed by atoms with Gasteiger partial charge in [0.1, 0.15) is 5.58 Å². The van der Waals surface area contributed by atoms with Gasteiger partial charge in [0.05, 0.1) is 6.54 Å². The molecule has 1 aromatic carbocycles. The highest BCUT2D eigenvalue weighted by Gasteiger charge is 2.27. The Morgan fingerprint density at radius 2 is 1.87 bits per heavy atom. The Morgan fingerprint density at radius 3 is 2.52 bits per heavy atom. The number of aryl methyl sites for hydroxylation is 1. The zero-order chi connectivity index (χ0) is 16.4. The summed E-state index contributed by atoms with van der Waals surface area (Å²) in [6, 6.07) is 7.68. The molecule has 0 bridgehead atoms. The summed E-state index contributed by atoms with van der Waals surface area (Å²) in [5.41, 5.74) is 1.63. The number of likely N-dealkylation sites (N-methyl/N-ethyl adjacent to an activating group) is 1. The summed E-state index contributed by atoms with van der Waals surface area (Å²) in [6.45, 7) is 4.89. The molecule has 2 aromatic rings. The van der Waals surface area contributed by atoms with Crippen molar-refractivity contribution in [2.45, 2.75) is 6.92 Å². The third kappa shape index (κ3) is 3.07. The number of hydrogen-bond acceptors (Lipinski definition) is 4. The summed E-state index contributed by atoms with van der Waals surface area (Å²) in [4.78, 5) is 28.0. The van der Waals surface area contributed by atoms with E-state index in [0.717, 1.165) is 16.5 Å². The lowest BCUT2D eigenvalue weighted by atomic mass is 10.1. The van der Waals surface area contributed by atoms with Crippen molar-refractivity contribution in [3.05, 3.63) is 35.6 Å². The molecule has 1 fully saturated rings. The van der Waals surface area contributed by atoms with E-state index in [1.807, 2.05) is 36.1 Å². The van der Waals surface area contributed by atoms with Crippen molar-refractivity contribution in [1.29, 1.82) is 0 Å². The van der Waals surface area contributed by atoms with Crippen molar-refractivity contribution < 1.29 is 14.0 Å². The monoisotopic (exact) mass is 315 g/mol. The second kappa shape index (κ2) is 6.42. The molecule has 6 nitrogen and oxygen atoms in total. The Morgan fingerprint density at radius 1 is 1.17 bits per heavy atom. The summed E-state index contributed by atoms with van der Waals surface area (Å²) in [5.74, 6) is 0.349. The van der Waals surface area contributed by atoms with Crippen LogP contribution < -0.4 is 5.32 Å². The molecule has 1 aromatic heterocycles. The highest BCUT2D eigenvalue weighted by molar-refractivity contribution is 5.99. The van der Waals surface area contributed by atoms with E-state index in [0.29, 0.717) is 38.5 Å². The topological polar surface area (TPSA) is 65.8 Å². The maximum Gasteiger partial charge on any atom is 0.289 e. The zero-order valence-electron chi connectivity index (χ0n) is 13.5. The number of carbonyl (C=O) groups excluding carboxylic acids is 2. The first-order chi connectivity index (χ1) is 11.1. The van der Waals surface area contributed by atoms with E-state index < -0.39 is 0 Å². The number of piperazine rings is 1. The highest BCUT2D eigenvalue weighted by Crippen LogP contribution is 2.26. The van der Waals surface area contributed by atoms with E-state index in [9.17, 15) is 9.59 Å². The minimum Gasteiger partial charge on any atom is -0.451 e. The van der Waals surface area contributed by atoms with Crippen LogP contribution in [0.25, 0.3) is 11.0 Å². The van der Waals surface area contributed by atoms with Crippen LogP contribution in [-0.4, -0.2) is 61.4 Å². The fraction of sp³-hybridized carbons (Fsp3) is 0.412. The number of hydrogen-bond donors (Lipinski definition) is 1. The molecule has 2 amide bonds. The largest absolute Gasteiger partial charge is 0.451 e. The first kappa shape index (κ1) is 15.6. The lowest BCUT2D eigenvalue weighted by molar-refractivity contribution is -0.122. The minimum absolute atomic E-state index is 0.00194. The Hall–Kier alpha value is -2.34. The number of nitrogens with zero attached hydrogens (tertiary/aromatic N) is 2. The number of rotatable bonds is 3. The van der Waals surface area contributed by atoms with Crippen LogP contribution in [0.4, 0.5) is 0 Å². The van der Waals surface area contributed by atoms with Crippen LogP contribution in [0.2, 0.25) is 0 Å². The smallest absolute Gasteiger partial charge is 0.289 e. The van der Waals surface area contributed by atoms with Gasteiger partial charge >= 0.3 is 0 Å². The number of nitrogens with one attached hydrogen (secondary N) is 1. The lowest BCUT2D eigenvalue weighted by Gasteiger charge is -2.33. The zero-order valence-corrected chi connectivity index (χ0v) is 13.5.